The van der Waals surface area contributed by atoms with Gasteiger partial charge in [0, 0.05) is 0 Å². The van der Waals surface area contributed by atoms with Gasteiger partial charge in [-0.25, -0.2) is 9.29 Å². The summed E-state index contributed by atoms with van der Waals surface area (Å²) in [6.45, 7) is 3.93. The van der Waals surface area contributed by atoms with Gasteiger partial charge in [0.2, 0.25) is 0 Å². The summed E-state index contributed by atoms with van der Waals surface area (Å²) in [5.74, 6) is -0.902. The summed E-state index contributed by atoms with van der Waals surface area (Å²) in [4.78, 5) is 27.9. The first-order valence-corrected chi connectivity index (χ1v) is 9.77. The molecule has 3 aromatic rings. The molecule has 0 saturated heterocycles. The number of para-hydroxylation sites is 2. The zero-order valence-electron chi connectivity index (χ0n) is 17.4. The fourth-order valence-corrected chi connectivity index (χ4v) is 3.52. The molecule has 0 atom stereocenters. The third-order valence-corrected chi connectivity index (χ3v) is 5.33. The largest absolute Gasteiger partial charge is 0.495 e. The smallest absolute Gasteiger partial charge is 0.282 e. The van der Waals surface area contributed by atoms with E-state index in [1.807, 2.05) is 38.1 Å². The molecule has 31 heavy (non-hydrogen) atoms. The molecule has 0 fully saturated rings. The number of nitrogens with zero attached hydrogens (tertiary/aromatic N) is 1. The summed E-state index contributed by atoms with van der Waals surface area (Å²) in [6.07, 6.45) is 0. The Bertz CT molecular complexity index is 1220. The lowest BCUT2D eigenvalue weighted by Gasteiger charge is -2.16. The minimum absolute atomic E-state index is 0.141. The van der Waals surface area contributed by atoms with Crippen LogP contribution in [0.3, 0.4) is 0 Å². The van der Waals surface area contributed by atoms with Gasteiger partial charge < -0.3 is 10.1 Å². The van der Waals surface area contributed by atoms with E-state index < -0.39 is 17.6 Å². The zero-order chi connectivity index (χ0) is 22.1. The van der Waals surface area contributed by atoms with E-state index >= 15 is 0 Å². The van der Waals surface area contributed by atoms with E-state index in [4.69, 9.17) is 4.74 Å². The number of hydrogen-bond donors (Lipinski definition) is 1. The van der Waals surface area contributed by atoms with Crippen molar-refractivity contribution in [1.29, 1.82) is 0 Å². The van der Waals surface area contributed by atoms with Crippen molar-refractivity contribution in [3.8, 4) is 5.75 Å². The molecule has 0 radical (unpaired) electrons. The van der Waals surface area contributed by atoms with E-state index in [0.717, 1.165) is 16.0 Å². The summed E-state index contributed by atoms with van der Waals surface area (Å²) in [5, 5.41) is 3.10. The van der Waals surface area contributed by atoms with Crippen LogP contribution in [0.4, 0.5) is 15.8 Å². The average Bonchev–Trinajstić information content (AvgIpc) is 3.01. The SMILES string of the molecule is COc1ccccc1NC1=C(c2ccc(C)c(C)c2)C(=O)N(c2ccc(F)cc2)C1=O. The molecule has 6 heteroatoms. The quantitative estimate of drug-likeness (QED) is 0.604. The van der Waals surface area contributed by atoms with E-state index in [-0.39, 0.29) is 11.3 Å². The Balaban J connectivity index is 1.86. The Labute approximate surface area is 179 Å². The van der Waals surface area contributed by atoms with Crippen LogP contribution in [0, 0.1) is 19.7 Å². The van der Waals surface area contributed by atoms with Crippen LogP contribution < -0.4 is 15.0 Å². The lowest BCUT2D eigenvalue weighted by Crippen LogP contribution is -2.32. The Hall–Kier alpha value is -3.93. The van der Waals surface area contributed by atoms with Gasteiger partial charge in [-0.3, -0.25) is 9.59 Å². The van der Waals surface area contributed by atoms with Crippen LogP contribution in [-0.4, -0.2) is 18.9 Å². The van der Waals surface area contributed by atoms with Crippen molar-refractivity contribution in [2.24, 2.45) is 0 Å². The molecule has 3 aromatic carbocycles. The predicted octanol–water partition coefficient (Wildman–Crippen LogP) is 4.85. The average molecular weight is 416 g/mol. The second kappa shape index (κ2) is 8.07. The molecule has 0 unspecified atom stereocenters. The number of nitrogens with one attached hydrogen (secondary N) is 1. The van der Waals surface area contributed by atoms with Crippen molar-refractivity contribution in [3.05, 3.63) is 94.9 Å². The van der Waals surface area contributed by atoms with Gasteiger partial charge in [-0.2, -0.15) is 0 Å². The van der Waals surface area contributed by atoms with Crippen molar-refractivity contribution < 1.29 is 18.7 Å². The number of carbonyl (C=O) groups excluding carboxylic acids is 2. The number of ether oxygens (including phenoxy) is 1. The highest BCUT2D eigenvalue weighted by molar-refractivity contribution is 6.46. The first-order valence-electron chi connectivity index (χ1n) is 9.77. The molecular weight excluding hydrogens is 395 g/mol. The van der Waals surface area contributed by atoms with Crippen molar-refractivity contribution in [2.75, 3.05) is 17.3 Å². The number of anilines is 2. The van der Waals surface area contributed by atoms with Crippen molar-refractivity contribution >= 4 is 28.8 Å². The first-order chi connectivity index (χ1) is 14.9. The summed E-state index contributed by atoms with van der Waals surface area (Å²) >= 11 is 0. The number of imide groups is 1. The highest BCUT2D eigenvalue weighted by atomic mass is 19.1. The normalized spacial score (nSPS) is 13.7. The molecule has 0 spiro atoms. The fraction of sp³-hybridized carbons (Fsp3) is 0.120. The van der Waals surface area contributed by atoms with Crippen LogP contribution in [0.15, 0.2) is 72.4 Å². The number of benzene rings is 3. The molecule has 0 aliphatic carbocycles. The number of hydrogen-bond acceptors (Lipinski definition) is 4. The summed E-state index contributed by atoms with van der Waals surface area (Å²) in [5.41, 5.74) is 3.96. The van der Waals surface area contributed by atoms with Gasteiger partial charge in [0.1, 0.15) is 17.3 Å². The molecule has 0 saturated carbocycles. The number of aryl methyl sites for hydroxylation is 2. The molecule has 2 amide bonds. The monoisotopic (exact) mass is 416 g/mol. The first kappa shape index (κ1) is 20.3. The second-order valence-corrected chi connectivity index (χ2v) is 7.30. The van der Waals surface area contributed by atoms with E-state index in [2.05, 4.69) is 5.32 Å². The van der Waals surface area contributed by atoms with E-state index in [0.29, 0.717) is 22.7 Å². The maximum Gasteiger partial charge on any atom is 0.282 e. The number of amides is 2. The Kier molecular flexibility index (Phi) is 5.29. The van der Waals surface area contributed by atoms with E-state index in [1.165, 1.54) is 31.4 Å². The lowest BCUT2D eigenvalue weighted by atomic mass is 9.99. The molecular formula is C25H21FN2O3. The number of carbonyl (C=O) groups is 2. The van der Waals surface area contributed by atoms with Gasteiger partial charge in [-0.1, -0.05) is 30.3 Å². The maximum atomic E-state index is 13.4. The summed E-state index contributed by atoms with van der Waals surface area (Å²) < 4.78 is 18.8. The third-order valence-electron chi connectivity index (χ3n) is 5.33. The molecule has 0 bridgehead atoms. The van der Waals surface area contributed by atoms with Crippen LogP contribution in [0.5, 0.6) is 5.75 Å². The van der Waals surface area contributed by atoms with Crippen LogP contribution in [-0.2, 0) is 9.59 Å². The third kappa shape index (κ3) is 3.68. The minimum Gasteiger partial charge on any atom is -0.495 e. The van der Waals surface area contributed by atoms with Gasteiger partial charge in [0.15, 0.2) is 0 Å². The van der Waals surface area contributed by atoms with Gasteiger partial charge in [0.25, 0.3) is 11.8 Å². The molecule has 156 valence electrons. The van der Waals surface area contributed by atoms with Crippen LogP contribution in [0.2, 0.25) is 0 Å². The highest BCUT2D eigenvalue weighted by Gasteiger charge is 2.40. The highest BCUT2D eigenvalue weighted by Crippen LogP contribution is 2.36. The zero-order valence-corrected chi connectivity index (χ0v) is 17.4. The topological polar surface area (TPSA) is 58.6 Å². The van der Waals surface area contributed by atoms with Crippen LogP contribution >= 0.6 is 0 Å². The number of halogens is 1. The van der Waals surface area contributed by atoms with Crippen LogP contribution in [0.25, 0.3) is 5.57 Å². The van der Waals surface area contributed by atoms with Crippen molar-refractivity contribution in [1.82, 2.24) is 0 Å². The number of methoxy groups -OCH3 is 1. The number of rotatable bonds is 5. The summed E-state index contributed by atoms with van der Waals surface area (Å²) in [7, 11) is 1.53. The van der Waals surface area contributed by atoms with Gasteiger partial charge in [-0.05, 0) is 66.9 Å². The van der Waals surface area contributed by atoms with Gasteiger partial charge in [-0.15, -0.1) is 0 Å². The standard InChI is InChI=1S/C25H21FN2O3/c1-15-8-9-17(14-16(15)2)22-23(27-20-6-4-5-7-21(20)31-3)25(30)28(24(22)29)19-12-10-18(26)11-13-19/h4-14,27H,1-3H3. The molecule has 5 nitrogen and oxygen atoms in total. The molecule has 0 aromatic heterocycles. The predicted molar refractivity (Wildman–Crippen MR) is 118 cm³/mol. The Morgan fingerprint density at radius 1 is 0.871 bits per heavy atom. The molecule has 1 heterocycles. The van der Waals surface area contributed by atoms with E-state index in [9.17, 15) is 14.0 Å². The van der Waals surface area contributed by atoms with Gasteiger partial charge >= 0.3 is 0 Å². The Morgan fingerprint density at radius 2 is 1.58 bits per heavy atom. The van der Waals surface area contributed by atoms with Gasteiger partial charge in [0.05, 0.1) is 24.1 Å². The van der Waals surface area contributed by atoms with E-state index in [1.54, 1.807) is 18.2 Å². The molecule has 4 rings (SSSR count). The minimum atomic E-state index is -0.518. The molecule has 1 aliphatic heterocycles. The maximum absolute atomic E-state index is 13.4. The van der Waals surface area contributed by atoms with Crippen LogP contribution in [0.1, 0.15) is 16.7 Å². The lowest BCUT2D eigenvalue weighted by molar-refractivity contribution is -0.120. The van der Waals surface area contributed by atoms with Crippen molar-refractivity contribution in [3.63, 3.8) is 0 Å². The Morgan fingerprint density at radius 3 is 2.26 bits per heavy atom. The fourth-order valence-electron chi connectivity index (χ4n) is 3.52. The molecule has 1 aliphatic rings. The summed E-state index contributed by atoms with van der Waals surface area (Å²) in [6, 6.07) is 18.0. The van der Waals surface area contributed by atoms with Crippen molar-refractivity contribution in [2.45, 2.75) is 13.8 Å². The molecule has 1 N–H and O–H groups in total. The second-order valence-electron chi connectivity index (χ2n) is 7.30.